The van der Waals surface area contributed by atoms with Crippen LogP contribution in [0.5, 0.6) is 11.6 Å². The lowest BCUT2D eigenvalue weighted by Crippen LogP contribution is -2.02. The monoisotopic (exact) mass is 323 g/mol. The molecule has 2 heterocycles. The van der Waals surface area contributed by atoms with Crippen molar-refractivity contribution < 1.29 is 13.2 Å². The number of imidazole rings is 1. The fourth-order valence-corrected chi connectivity index (χ4v) is 3.34. The van der Waals surface area contributed by atoms with Gasteiger partial charge in [-0.1, -0.05) is 6.07 Å². The average molecular weight is 323 g/mol. The predicted molar refractivity (Wildman–Crippen MR) is 80.6 cm³/mol. The van der Waals surface area contributed by atoms with Gasteiger partial charge in [-0.25, -0.2) is 8.42 Å². The average Bonchev–Trinajstić information content (AvgIpc) is 2.98. The lowest BCUT2D eigenvalue weighted by molar-refractivity contribution is 0.458. The summed E-state index contributed by atoms with van der Waals surface area (Å²) in [6, 6.07) is 6.32. The van der Waals surface area contributed by atoms with Crippen LogP contribution in [0.2, 0.25) is 0 Å². The second-order valence-electron chi connectivity index (χ2n) is 4.47. The largest absolute Gasteiger partial charge is 0.437 e. The summed E-state index contributed by atoms with van der Waals surface area (Å²) in [7, 11) is -3.28. The number of rotatable bonds is 4. The van der Waals surface area contributed by atoms with Gasteiger partial charge in [0.15, 0.2) is 14.8 Å². The van der Waals surface area contributed by atoms with Crippen molar-refractivity contribution >= 4 is 26.1 Å². The molecule has 0 radical (unpaired) electrons. The molecule has 0 aliphatic carbocycles. The third kappa shape index (κ3) is 2.65. The summed E-state index contributed by atoms with van der Waals surface area (Å²) < 4.78 is 30.7. The standard InChI is InChI=1S/C13H13N3O3S2/c1-21(17,18)10-4-2-3-9(7-10)19-12-11(8-14)16-5-6-20-13(16)15-12/h2-7H,8,14H2,1H3. The zero-order chi connectivity index (χ0) is 15.0. The van der Waals surface area contributed by atoms with Crippen molar-refractivity contribution in [1.82, 2.24) is 9.38 Å². The molecule has 3 aromatic rings. The van der Waals surface area contributed by atoms with E-state index in [1.54, 1.807) is 12.1 Å². The summed E-state index contributed by atoms with van der Waals surface area (Å²) in [4.78, 5) is 5.35. The van der Waals surface area contributed by atoms with Gasteiger partial charge < -0.3 is 10.5 Å². The minimum absolute atomic E-state index is 0.204. The Morgan fingerprint density at radius 3 is 2.95 bits per heavy atom. The molecule has 0 spiro atoms. The van der Waals surface area contributed by atoms with Crippen molar-refractivity contribution in [3.05, 3.63) is 41.5 Å². The molecule has 8 heteroatoms. The van der Waals surface area contributed by atoms with Gasteiger partial charge in [0.05, 0.1) is 4.90 Å². The van der Waals surface area contributed by atoms with E-state index in [0.29, 0.717) is 11.6 Å². The van der Waals surface area contributed by atoms with E-state index in [0.717, 1.165) is 16.9 Å². The molecule has 0 fully saturated rings. The van der Waals surface area contributed by atoms with Crippen molar-refractivity contribution in [2.24, 2.45) is 5.73 Å². The molecule has 0 bridgehead atoms. The highest BCUT2D eigenvalue weighted by molar-refractivity contribution is 7.90. The molecular formula is C13H13N3O3S2. The molecule has 0 aliphatic rings. The molecule has 2 aromatic heterocycles. The van der Waals surface area contributed by atoms with Gasteiger partial charge in [-0.2, -0.15) is 4.98 Å². The second kappa shape index (κ2) is 5.14. The minimum atomic E-state index is -3.28. The number of thiazole rings is 1. The summed E-state index contributed by atoms with van der Waals surface area (Å²) in [5, 5.41) is 1.91. The maximum absolute atomic E-state index is 11.6. The molecule has 0 amide bonds. The Balaban J connectivity index is 2.00. The van der Waals surface area contributed by atoms with Crippen molar-refractivity contribution in [3.8, 4) is 11.6 Å². The van der Waals surface area contributed by atoms with Gasteiger partial charge in [-0.3, -0.25) is 4.40 Å². The van der Waals surface area contributed by atoms with E-state index < -0.39 is 9.84 Å². The van der Waals surface area contributed by atoms with Crippen LogP contribution in [0.15, 0.2) is 40.7 Å². The van der Waals surface area contributed by atoms with Gasteiger partial charge in [-0.15, -0.1) is 11.3 Å². The lowest BCUT2D eigenvalue weighted by Gasteiger charge is -2.06. The van der Waals surface area contributed by atoms with Crippen molar-refractivity contribution in [2.75, 3.05) is 6.26 Å². The van der Waals surface area contributed by atoms with E-state index >= 15 is 0 Å². The minimum Gasteiger partial charge on any atom is -0.437 e. The predicted octanol–water partition coefficient (Wildman–Crippen LogP) is 2.05. The van der Waals surface area contributed by atoms with Crippen LogP contribution in [-0.2, 0) is 16.4 Å². The quantitative estimate of drug-likeness (QED) is 0.794. The summed E-state index contributed by atoms with van der Waals surface area (Å²) in [6.45, 7) is 0.277. The van der Waals surface area contributed by atoms with Gasteiger partial charge >= 0.3 is 0 Å². The molecule has 6 nitrogen and oxygen atoms in total. The van der Waals surface area contributed by atoms with Crippen molar-refractivity contribution in [3.63, 3.8) is 0 Å². The molecule has 3 rings (SSSR count). The number of fused-ring (bicyclic) bond motifs is 1. The first-order valence-corrected chi connectivity index (χ1v) is 8.88. The van der Waals surface area contributed by atoms with Crippen molar-refractivity contribution in [1.29, 1.82) is 0 Å². The summed E-state index contributed by atoms with van der Waals surface area (Å²) in [5.41, 5.74) is 6.49. The highest BCUT2D eigenvalue weighted by Gasteiger charge is 2.15. The lowest BCUT2D eigenvalue weighted by atomic mass is 10.3. The molecule has 1 aromatic carbocycles. The first-order chi connectivity index (χ1) is 9.99. The Labute approximate surface area is 125 Å². The number of nitrogens with zero attached hydrogens (tertiary/aromatic N) is 2. The highest BCUT2D eigenvalue weighted by atomic mass is 32.2. The molecule has 0 saturated carbocycles. The maximum atomic E-state index is 11.6. The number of hydrogen-bond donors (Lipinski definition) is 1. The van der Waals surface area contributed by atoms with Crippen LogP contribution < -0.4 is 10.5 Å². The Morgan fingerprint density at radius 2 is 2.24 bits per heavy atom. The topological polar surface area (TPSA) is 86.7 Å². The van der Waals surface area contributed by atoms with E-state index in [4.69, 9.17) is 10.5 Å². The second-order valence-corrected chi connectivity index (χ2v) is 7.36. The normalized spacial score (nSPS) is 11.9. The summed E-state index contributed by atoms with van der Waals surface area (Å²) in [5.74, 6) is 0.813. The van der Waals surface area contributed by atoms with Crippen LogP contribution in [-0.4, -0.2) is 24.1 Å². The molecule has 0 atom stereocenters. The van der Waals surface area contributed by atoms with Crippen LogP contribution in [0.25, 0.3) is 4.96 Å². The van der Waals surface area contributed by atoms with Gasteiger partial charge in [0.25, 0.3) is 0 Å². The van der Waals surface area contributed by atoms with Crippen LogP contribution in [0.3, 0.4) is 0 Å². The van der Waals surface area contributed by atoms with Gasteiger partial charge in [0.1, 0.15) is 11.4 Å². The fourth-order valence-electron chi connectivity index (χ4n) is 1.96. The Kier molecular flexibility index (Phi) is 3.44. The Hall–Kier alpha value is -1.90. The fraction of sp³-hybridized carbons (Fsp3) is 0.154. The molecular weight excluding hydrogens is 310 g/mol. The van der Waals surface area contributed by atoms with E-state index in [-0.39, 0.29) is 11.4 Å². The highest BCUT2D eigenvalue weighted by Crippen LogP contribution is 2.28. The third-order valence-corrected chi connectivity index (χ3v) is 4.83. The first kappa shape index (κ1) is 14.1. The zero-order valence-corrected chi connectivity index (χ0v) is 12.8. The van der Waals surface area contributed by atoms with Crippen molar-refractivity contribution in [2.45, 2.75) is 11.4 Å². The number of aromatic nitrogens is 2. The maximum Gasteiger partial charge on any atom is 0.243 e. The molecule has 2 N–H and O–H groups in total. The first-order valence-electron chi connectivity index (χ1n) is 6.11. The SMILES string of the molecule is CS(=O)(=O)c1cccc(Oc2nc3sccn3c2CN)c1. The van der Waals surface area contributed by atoms with Gasteiger partial charge in [-0.05, 0) is 18.2 Å². The third-order valence-electron chi connectivity index (χ3n) is 2.97. The van der Waals surface area contributed by atoms with Crippen LogP contribution >= 0.6 is 11.3 Å². The molecule has 0 aliphatic heterocycles. The molecule has 0 saturated heterocycles. The van der Waals surface area contributed by atoms with E-state index in [9.17, 15) is 8.42 Å². The van der Waals surface area contributed by atoms with Crippen LogP contribution in [0.4, 0.5) is 0 Å². The molecule has 0 unspecified atom stereocenters. The number of hydrogen-bond acceptors (Lipinski definition) is 6. The molecule has 21 heavy (non-hydrogen) atoms. The van der Waals surface area contributed by atoms with Crippen LogP contribution in [0.1, 0.15) is 5.69 Å². The zero-order valence-electron chi connectivity index (χ0n) is 11.2. The van der Waals surface area contributed by atoms with Gasteiger partial charge in [0, 0.05) is 24.4 Å². The molecule has 110 valence electrons. The van der Waals surface area contributed by atoms with E-state index in [1.165, 1.54) is 23.5 Å². The smallest absolute Gasteiger partial charge is 0.243 e. The number of sulfone groups is 1. The number of ether oxygens (including phenoxy) is 1. The number of nitrogens with two attached hydrogens (primary N) is 1. The van der Waals surface area contributed by atoms with E-state index in [2.05, 4.69) is 4.98 Å². The number of benzene rings is 1. The van der Waals surface area contributed by atoms with Gasteiger partial charge in [0.2, 0.25) is 5.88 Å². The Bertz CT molecular complexity index is 896. The summed E-state index contributed by atoms with van der Waals surface area (Å²) in [6.07, 6.45) is 3.03. The van der Waals surface area contributed by atoms with E-state index in [1.807, 2.05) is 16.0 Å². The Morgan fingerprint density at radius 1 is 1.43 bits per heavy atom. The van der Waals surface area contributed by atoms with Crippen LogP contribution in [0, 0.1) is 0 Å². The summed E-state index contributed by atoms with van der Waals surface area (Å²) >= 11 is 1.48.